The van der Waals surface area contributed by atoms with Crippen molar-refractivity contribution in [2.45, 2.75) is 25.7 Å². The molecule has 4 rings (SSSR count). The molecular weight excluding hydrogens is 340 g/mol. The molecule has 3 amide bonds. The highest BCUT2D eigenvalue weighted by atomic mass is 16.2. The number of nitrogens with one attached hydrogen (secondary N) is 4. The van der Waals surface area contributed by atoms with Gasteiger partial charge in [0.1, 0.15) is 0 Å². The van der Waals surface area contributed by atoms with Crippen LogP contribution in [0.4, 0.5) is 16.2 Å². The predicted octanol–water partition coefficient (Wildman–Crippen LogP) is 4.05. The number of H-pyrrole nitrogens is 1. The van der Waals surface area contributed by atoms with Crippen LogP contribution in [-0.4, -0.2) is 24.0 Å². The first-order valence-electron chi connectivity index (χ1n) is 9.17. The Labute approximate surface area is 157 Å². The lowest BCUT2D eigenvalue weighted by Gasteiger charge is -2.11. The van der Waals surface area contributed by atoms with E-state index in [0.29, 0.717) is 16.9 Å². The van der Waals surface area contributed by atoms with Crippen LogP contribution in [0.1, 0.15) is 34.5 Å². The Morgan fingerprint density at radius 2 is 1.74 bits per heavy atom. The van der Waals surface area contributed by atoms with Gasteiger partial charge in [0.2, 0.25) is 0 Å². The maximum Gasteiger partial charge on any atom is 0.318 e. The minimum atomic E-state index is -0.304. The van der Waals surface area contributed by atoms with E-state index in [1.54, 1.807) is 31.3 Å². The Balaban J connectivity index is 1.56. The van der Waals surface area contributed by atoms with E-state index in [1.807, 2.05) is 18.2 Å². The fourth-order valence-corrected chi connectivity index (χ4v) is 3.62. The molecule has 6 heteroatoms. The first-order chi connectivity index (χ1) is 13.1. The second-order valence-corrected chi connectivity index (χ2v) is 6.79. The molecule has 1 aromatic heterocycles. The lowest BCUT2D eigenvalue weighted by atomic mass is 9.95. The van der Waals surface area contributed by atoms with Gasteiger partial charge >= 0.3 is 6.03 Å². The van der Waals surface area contributed by atoms with Crippen molar-refractivity contribution in [2.24, 2.45) is 0 Å². The van der Waals surface area contributed by atoms with Crippen molar-refractivity contribution in [1.29, 1.82) is 0 Å². The van der Waals surface area contributed by atoms with Gasteiger partial charge in [0, 0.05) is 40.6 Å². The summed E-state index contributed by atoms with van der Waals surface area (Å²) in [5.74, 6) is -0.167. The molecule has 0 unspecified atom stereocenters. The largest absolute Gasteiger partial charge is 0.358 e. The molecule has 1 heterocycles. The quantitative estimate of drug-likeness (QED) is 0.566. The molecule has 1 aliphatic carbocycles. The standard InChI is InChI=1S/C21H22N4O2/c1-22-21(27)24-15-6-4-5-14(12-15)23-20(26)13-9-10-19-17(11-13)16-7-2-3-8-18(16)25-19/h4-6,9-12,25H,2-3,7-8H2,1H3,(H,23,26)(H2,22,24,27). The van der Waals surface area contributed by atoms with Crippen LogP contribution in [0.5, 0.6) is 0 Å². The van der Waals surface area contributed by atoms with Crippen LogP contribution in [0.3, 0.4) is 0 Å². The van der Waals surface area contributed by atoms with Crippen molar-refractivity contribution in [3.63, 3.8) is 0 Å². The van der Waals surface area contributed by atoms with Crippen LogP contribution < -0.4 is 16.0 Å². The maximum atomic E-state index is 12.7. The van der Waals surface area contributed by atoms with Gasteiger partial charge in [-0.3, -0.25) is 4.79 Å². The highest BCUT2D eigenvalue weighted by Gasteiger charge is 2.17. The van der Waals surface area contributed by atoms with Crippen molar-refractivity contribution >= 4 is 34.2 Å². The van der Waals surface area contributed by atoms with Crippen LogP contribution >= 0.6 is 0 Å². The molecule has 27 heavy (non-hydrogen) atoms. The third-order valence-corrected chi connectivity index (χ3v) is 4.97. The number of fused-ring (bicyclic) bond motifs is 3. The van der Waals surface area contributed by atoms with Gasteiger partial charge in [0.15, 0.2) is 0 Å². The highest BCUT2D eigenvalue weighted by molar-refractivity contribution is 6.07. The topological polar surface area (TPSA) is 86.0 Å². The lowest BCUT2D eigenvalue weighted by Crippen LogP contribution is -2.24. The highest BCUT2D eigenvalue weighted by Crippen LogP contribution is 2.30. The lowest BCUT2D eigenvalue weighted by molar-refractivity contribution is 0.102. The normalized spacial score (nSPS) is 13.1. The van der Waals surface area contributed by atoms with Crippen LogP contribution in [0, 0.1) is 0 Å². The molecule has 3 aromatic rings. The number of aromatic nitrogens is 1. The summed E-state index contributed by atoms with van der Waals surface area (Å²) in [4.78, 5) is 27.6. The molecular formula is C21H22N4O2. The molecule has 6 nitrogen and oxygen atoms in total. The number of anilines is 2. The Kier molecular flexibility index (Phi) is 4.54. The summed E-state index contributed by atoms with van der Waals surface area (Å²) in [5.41, 5.74) is 5.62. The smallest absolute Gasteiger partial charge is 0.318 e. The van der Waals surface area contributed by atoms with Crippen LogP contribution in [0.15, 0.2) is 42.5 Å². The Morgan fingerprint density at radius 3 is 2.56 bits per heavy atom. The molecule has 4 N–H and O–H groups in total. The van der Waals surface area contributed by atoms with E-state index in [0.717, 1.165) is 23.7 Å². The number of aromatic amines is 1. The van der Waals surface area contributed by atoms with Crippen LogP contribution in [-0.2, 0) is 12.8 Å². The number of aryl methyl sites for hydroxylation is 2. The van der Waals surface area contributed by atoms with Gasteiger partial charge in [-0.1, -0.05) is 6.07 Å². The van der Waals surface area contributed by atoms with E-state index < -0.39 is 0 Å². The van der Waals surface area contributed by atoms with Crippen molar-refractivity contribution < 1.29 is 9.59 Å². The van der Waals surface area contributed by atoms with Gasteiger partial charge in [0.05, 0.1) is 0 Å². The first-order valence-corrected chi connectivity index (χ1v) is 9.17. The molecule has 0 atom stereocenters. The third-order valence-electron chi connectivity index (χ3n) is 4.97. The van der Waals surface area contributed by atoms with Gasteiger partial charge in [-0.15, -0.1) is 0 Å². The van der Waals surface area contributed by atoms with Crippen molar-refractivity contribution in [1.82, 2.24) is 10.3 Å². The van der Waals surface area contributed by atoms with Crippen molar-refractivity contribution in [3.05, 3.63) is 59.3 Å². The Hall–Kier alpha value is -3.28. The third kappa shape index (κ3) is 3.51. The number of rotatable bonds is 3. The zero-order valence-corrected chi connectivity index (χ0v) is 15.2. The predicted molar refractivity (Wildman–Crippen MR) is 107 cm³/mol. The van der Waals surface area contributed by atoms with Crippen molar-refractivity contribution in [3.8, 4) is 0 Å². The summed E-state index contributed by atoms with van der Waals surface area (Å²) in [7, 11) is 1.55. The molecule has 0 saturated carbocycles. The molecule has 0 bridgehead atoms. The molecule has 0 fully saturated rings. The fourth-order valence-electron chi connectivity index (χ4n) is 3.62. The van der Waals surface area contributed by atoms with Gasteiger partial charge < -0.3 is 20.9 Å². The van der Waals surface area contributed by atoms with Crippen LogP contribution in [0.2, 0.25) is 0 Å². The second kappa shape index (κ2) is 7.15. The maximum absolute atomic E-state index is 12.7. The van der Waals surface area contributed by atoms with E-state index in [-0.39, 0.29) is 11.9 Å². The number of urea groups is 1. The first kappa shape index (κ1) is 17.1. The van der Waals surface area contributed by atoms with E-state index in [1.165, 1.54) is 24.1 Å². The number of hydrogen-bond acceptors (Lipinski definition) is 2. The van der Waals surface area contributed by atoms with E-state index in [4.69, 9.17) is 0 Å². The molecule has 0 spiro atoms. The minimum absolute atomic E-state index is 0.167. The van der Waals surface area contributed by atoms with E-state index >= 15 is 0 Å². The van der Waals surface area contributed by atoms with E-state index in [9.17, 15) is 9.59 Å². The number of carbonyl (C=O) groups is 2. The van der Waals surface area contributed by atoms with Crippen molar-refractivity contribution in [2.75, 3.05) is 17.7 Å². The molecule has 1 aliphatic rings. The van der Waals surface area contributed by atoms with Gasteiger partial charge in [-0.25, -0.2) is 4.79 Å². The van der Waals surface area contributed by atoms with Crippen LogP contribution in [0.25, 0.3) is 10.9 Å². The minimum Gasteiger partial charge on any atom is -0.358 e. The number of hydrogen-bond donors (Lipinski definition) is 4. The zero-order chi connectivity index (χ0) is 18.8. The van der Waals surface area contributed by atoms with Gasteiger partial charge in [0.25, 0.3) is 5.91 Å². The summed E-state index contributed by atoms with van der Waals surface area (Å²) in [6.45, 7) is 0. The van der Waals surface area contributed by atoms with Gasteiger partial charge in [-0.05, 0) is 67.6 Å². The average Bonchev–Trinajstić information content (AvgIpc) is 3.06. The second-order valence-electron chi connectivity index (χ2n) is 6.79. The number of amides is 3. The Bertz CT molecular complexity index is 1020. The molecule has 138 valence electrons. The Morgan fingerprint density at radius 1 is 0.963 bits per heavy atom. The molecule has 0 saturated heterocycles. The molecule has 0 radical (unpaired) electrons. The summed E-state index contributed by atoms with van der Waals surface area (Å²) < 4.78 is 0. The average molecular weight is 362 g/mol. The summed E-state index contributed by atoms with van der Waals surface area (Å²) in [6.07, 6.45) is 4.55. The van der Waals surface area contributed by atoms with Gasteiger partial charge in [-0.2, -0.15) is 0 Å². The van der Waals surface area contributed by atoms with E-state index in [2.05, 4.69) is 20.9 Å². The molecule has 0 aliphatic heterocycles. The SMILES string of the molecule is CNC(=O)Nc1cccc(NC(=O)c2ccc3[nH]c4c(c3c2)CCCC4)c1. The monoisotopic (exact) mass is 362 g/mol. The number of carbonyl (C=O) groups excluding carboxylic acids is 2. The summed E-state index contributed by atoms with van der Waals surface area (Å²) in [5, 5.41) is 9.24. The zero-order valence-electron chi connectivity index (χ0n) is 15.2. The summed E-state index contributed by atoms with van der Waals surface area (Å²) >= 11 is 0. The fraction of sp³-hybridized carbons (Fsp3) is 0.238. The summed E-state index contributed by atoms with van der Waals surface area (Å²) in [6, 6.07) is 12.6. The molecule has 2 aromatic carbocycles. The number of benzene rings is 2.